The third-order valence-electron chi connectivity index (χ3n) is 4.45. The number of rotatable bonds is 2. The number of fused-ring (bicyclic) bond motifs is 1. The molecule has 4 rings (SSSR count). The summed E-state index contributed by atoms with van der Waals surface area (Å²) >= 11 is 1.81. The van der Waals surface area contributed by atoms with E-state index in [0.29, 0.717) is 6.04 Å². The molecule has 3 aromatic rings. The molecule has 0 amide bonds. The maximum atomic E-state index is 4.88. The highest BCUT2D eigenvalue weighted by molar-refractivity contribution is 7.18. The number of benzene rings is 1. The van der Waals surface area contributed by atoms with E-state index in [2.05, 4.69) is 54.9 Å². The Labute approximate surface area is 146 Å². The highest BCUT2D eigenvalue weighted by atomic mass is 32.1. The van der Waals surface area contributed by atoms with Gasteiger partial charge in [-0.25, -0.2) is 15.0 Å². The monoisotopic (exact) mass is 338 g/mol. The molecule has 1 aromatic carbocycles. The Morgan fingerprint density at radius 1 is 1.12 bits per heavy atom. The number of thiazole rings is 1. The third kappa shape index (κ3) is 2.77. The SMILES string of the molecule is CC(C)(C)c1nccc(N2CCC[C@H]2c2nc3ccccc3s2)n1. The minimum absolute atomic E-state index is 0.0406. The topological polar surface area (TPSA) is 41.9 Å². The average molecular weight is 338 g/mol. The number of para-hydroxylation sites is 1. The molecule has 4 nitrogen and oxygen atoms in total. The molecule has 0 aliphatic carbocycles. The molecule has 0 bridgehead atoms. The van der Waals surface area contributed by atoms with Crippen LogP contribution in [0.3, 0.4) is 0 Å². The first-order valence-electron chi connectivity index (χ1n) is 8.48. The lowest BCUT2D eigenvalue weighted by Crippen LogP contribution is -2.25. The van der Waals surface area contributed by atoms with Gasteiger partial charge in [-0.05, 0) is 31.0 Å². The summed E-state index contributed by atoms with van der Waals surface area (Å²) in [4.78, 5) is 16.6. The summed E-state index contributed by atoms with van der Waals surface area (Å²) in [5, 5.41) is 1.20. The lowest BCUT2D eigenvalue weighted by molar-refractivity contribution is 0.543. The standard InChI is InChI=1S/C19H22N4S/c1-19(2,3)18-20-11-10-16(22-18)23-12-6-8-14(23)17-21-13-7-4-5-9-15(13)24-17/h4-5,7,9-11,14H,6,8,12H2,1-3H3/t14-/m0/s1. The first kappa shape index (κ1) is 15.5. The Bertz CT molecular complexity index is 832. The van der Waals surface area contributed by atoms with Gasteiger partial charge in [0.15, 0.2) is 0 Å². The molecule has 1 atom stereocenters. The summed E-state index contributed by atoms with van der Waals surface area (Å²) in [6.45, 7) is 7.49. The van der Waals surface area contributed by atoms with Crippen LogP contribution in [0.25, 0.3) is 10.2 Å². The molecule has 5 heteroatoms. The number of anilines is 1. The van der Waals surface area contributed by atoms with E-state index in [1.54, 1.807) is 11.3 Å². The molecular weight excluding hydrogens is 316 g/mol. The molecule has 3 heterocycles. The average Bonchev–Trinajstić information content (AvgIpc) is 3.20. The van der Waals surface area contributed by atoms with E-state index in [1.165, 1.54) is 16.1 Å². The second-order valence-electron chi connectivity index (χ2n) is 7.36. The van der Waals surface area contributed by atoms with Crippen LogP contribution in [-0.2, 0) is 5.41 Å². The lowest BCUT2D eigenvalue weighted by Gasteiger charge is -2.26. The number of hydrogen-bond donors (Lipinski definition) is 0. The van der Waals surface area contributed by atoms with Crippen molar-refractivity contribution in [3.05, 3.63) is 47.4 Å². The molecule has 0 spiro atoms. The van der Waals surface area contributed by atoms with Crippen molar-refractivity contribution in [3.8, 4) is 0 Å². The van der Waals surface area contributed by atoms with Gasteiger partial charge in [0, 0.05) is 18.2 Å². The van der Waals surface area contributed by atoms with E-state index >= 15 is 0 Å². The third-order valence-corrected chi connectivity index (χ3v) is 5.59. The van der Waals surface area contributed by atoms with Gasteiger partial charge < -0.3 is 4.90 Å². The van der Waals surface area contributed by atoms with Gasteiger partial charge in [0.2, 0.25) is 0 Å². The van der Waals surface area contributed by atoms with Gasteiger partial charge in [-0.3, -0.25) is 0 Å². The minimum atomic E-state index is -0.0406. The second-order valence-corrected chi connectivity index (χ2v) is 8.42. The van der Waals surface area contributed by atoms with E-state index in [4.69, 9.17) is 9.97 Å². The van der Waals surface area contributed by atoms with Crippen molar-refractivity contribution in [1.82, 2.24) is 15.0 Å². The van der Waals surface area contributed by atoms with Gasteiger partial charge in [-0.2, -0.15) is 0 Å². The van der Waals surface area contributed by atoms with Gasteiger partial charge in [-0.15, -0.1) is 11.3 Å². The first-order valence-corrected chi connectivity index (χ1v) is 9.30. The van der Waals surface area contributed by atoms with Gasteiger partial charge in [0.1, 0.15) is 16.6 Å². The molecule has 1 aliphatic rings. The summed E-state index contributed by atoms with van der Waals surface area (Å²) in [5.74, 6) is 1.92. The van der Waals surface area contributed by atoms with Crippen LogP contribution in [0.2, 0.25) is 0 Å². The van der Waals surface area contributed by atoms with Gasteiger partial charge in [0.05, 0.1) is 16.3 Å². The Hall–Kier alpha value is -2.01. The number of nitrogens with zero attached hydrogens (tertiary/aromatic N) is 4. The predicted octanol–water partition coefficient (Wildman–Crippen LogP) is 4.73. The van der Waals surface area contributed by atoms with Gasteiger partial charge in [0.25, 0.3) is 0 Å². The molecule has 124 valence electrons. The molecule has 0 unspecified atom stereocenters. The molecule has 1 saturated heterocycles. The van der Waals surface area contributed by atoms with Gasteiger partial charge >= 0.3 is 0 Å². The van der Waals surface area contributed by atoms with E-state index in [1.807, 2.05) is 12.3 Å². The van der Waals surface area contributed by atoms with Crippen LogP contribution in [0.15, 0.2) is 36.5 Å². The molecule has 24 heavy (non-hydrogen) atoms. The van der Waals surface area contributed by atoms with E-state index in [9.17, 15) is 0 Å². The molecular formula is C19H22N4S. The maximum Gasteiger partial charge on any atom is 0.135 e. The number of aromatic nitrogens is 3. The fraction of sp³-hybridized carbons (Fsp3) is 0.421. The lowest BCUT2D eigenvalue weighted by atomic mass is 9.96. The highest BCUT2D eigenvalue weighted by Crippen LogP contribution is 2.38. The zero-order valence-corrected chi connectivity index (χ0v) is 15.2. The second kappa shape index (κ2) is 5.81. The molecule has 1 fully saturated rings. The predicted molar refractivity (Wildman–Crippen MR) is 99.7 cm³/mol. The van der Waals surface area contributed by atoms with Crippen LogP contribution in [0, 0.1) is 0 Å². The summed E-state index contributed by atoms with van der Waals surface area (Å²) in [5.41, 5.74) is 1.06. The number of hydrogen-bond acceptors (Lipinski definition) is 5. The Kier molecular flexibility index (Phi) is 3.76. The van der Waals surface area contributed by atoms with Crippen LogP contribution in [0.4, 0.5) is 5.82 Å². The van der Waals surface area contributed by atoms with Crippen molar-refractivity contribution >= 4 is 27.4 Å². The molecule has 0 saturated carbocycles. The molecule has 0 N–H and O–H groups in total. The van der Waals surface area contributed by atoms with Crippen LogP contribution >= 0.6 is 11.3 Å². The van der Waals surface area contributed by atoms with Crippen LogP contribution < -0.4 is 4.90 Å². The Morgan fingerprint density at radius 2 is 1.96 bits per heavy atom. The zero-order chi connectivity index (χ0) is 16.7. The Morgan fingerprint density at radius 3 is 2.75 bits per heavy atom. The smallest absolute Gasteiger partial charge is 0.135 e. The van der Waals surface area contributed by atoms with Crippen molar-refractivity contribution in [1.29, 1.82) is 0 Å². The van der Waals surface area contributed by atoms with Crippen molar-refractivity contribution in [2.24, 2.45) is 0 Å². The fourth-order valence-electron chi connectivity index (χ4n) is 3.20. The summed E-state index contributed by atoms with van der Waals surface area (Å²) in [7, 11) is 0. The minimum Gasteiger partial charge on any atom is -0.347 e. The van der Waals surface area contributed by atoms with Crippen molar-refractivity contribution < 1.29 is 0 Å². The first-order chi connectivity index (χ1) is 11.5. The largest absolute Gasteiger partial charge is 0.347 e. The maximum absolute atomic E-state index is 4.88. The van der Waals surface area contributed by atoms with E-state index in [0.717, 1.165) is 30.1 Å². The quantitative estimate of drug-likeness (QED) is 0.678. The summed E-state index contributed by atoms with van der Waals surface area (Å²) < 4.78 is 1.26. The van der Waals surface area contributed by atoms with Crippen molar-refractivity contribution in [2.75, 3.05) is 11.4 Å². The fourth-order valence-corrected chi connectivity index (χ4v) is 4.32. The van der Waals surface area contributed by atoms with Crippen LogP contribution in [0.5, 0.6) is 0 Å². The van der Waals surface area contributed by atoms with Gasteiger partial charge in [-0.1, -0.05) is 32.9 Å². The van der Waals surface area contributed by atoms with Crippen LogP contribution in [-0.4, -0.2) is 21.5 Å². The van der Waals surface area contributed by atoms with Crippen molar-refractivity contribution in [2.45, 2.75) is 45.1 Å². The van der Waals surface area contributed by atoms with E-state index < -0.39 is 0 Å². The zero-order valence-electron chi connectivity index (χ0n) is 14.4. The summed E-state index contributed by atoms with van der Waals surface area (Å²) in [6, 6.07) is 10.7. The molecule has 0 radical (unpaired) electrons. The normalized spacial score (nSPS) is 18.5. The highest BCUT2D eigenvalue weighted by Gasteiger charge is 2.30. The molecule has 1 aliphatic heterocycles. The van der Waals surface area contributed by atoms with Crippen molar-refractivity contribution in [3.63, 3.8) is 0 Å². The summed E-state index contributed by atoms with van der Waals surface area (Å²) in [6.07, 6.45) is 4.20. The van der Waals surface area contributed by atoms with E-state index in [-0.39, 0.29) is 5.41 Å². The Balaban J connectivity index is 1.70. The molecule has 2 aromatic heterocycles. The van der Waals surface area contributed by atoms with Crippen LogP contribution in [0.1, 0.15) is 50.5 Å².